The van der Waals surface area contributed by atoms with Gasteiger partial charge in [-0.1, -0.05) is 36.0 Å². The number of aromatic nitrogens is 3. The van der Waals surface area contributed by atoms with Crippen LogP contribution in [0.3, 0.4) is 0 Å². The predicted molar refractivity (Wildman–Crippen MR) is 84.5 cm³/mol. The molecule has 3 aromatic rings. The summed E-state index contributed by atoms with van der Waals surface area (Å²) in [6.45, 7) is 6.28. The van der Waals surface area contributed by atoms with Crippen molar-refractivity contribution in [2.24, 2.45) is 0 Å². The lowest BCUT2D eigenvalue weighted by Gasteiger charge is -2.08. The van der Waals surface area contributed by atoms with Crippen LogP contribution in [0.15, 0.2) is 46.9 Å². The molecule has 1 aromatic carbocycles. The Hall–Kier alpha value is -2.01. The molecule has 4 nitrogen and oxygen atoms in total. The number of thioether (sulfide) groups is 1. The highest BCUT2D eigenvalue weighted by Crippen LogP contribution is 2.24. The van der Waals surface area contributed by atoms with E-state index in [4.69, 9.17) is 0 Å². The molecule has 0 saturated heterocycles. The molecule has 5 heteroatoms. The monoisotopic (exact) mass is 285 g/mol. The SMILES string of the molecule is C=CCSc1nc2c([nH]c3ccccc32)c(=O)n1CC. The normalized spacial score (nSPS) is 11.2. The second-order valence-electron chi connectivity index (χ2n) is 4.44. The van der Waals surface area contributed by atoms with Crippen molar-refractivity contribution < 1.29 is 0 Å². The number of fused-ring (bicyclic) bond motifs is 3. The first-order valence-corrected chi connectivity index (χ1v) is 7.49. The van der Waals surface area contributed by atoms with Gasteiger partial charge in [-0.15, -0.1) is 6.58 Å². The fourth-order valence-electron chi connectivity index (χ4n) is 2.30. The summed E-state index contributed by atoms with van der Waals surface area (Å²) < 4.78 is 1.70. The van der Waals surface area contributed by atoms with Crippen LogP contribution in [0.4, 0.5) is 0 Å². The Balaban J connectivity index is 2.36. The molecule has 0 aliphatic carbocycles. The molecule has 2 heterocycles. The maximum Gasteiger partial charge on any atom is 0.278 e. The van der Waals surface area contributed by atoms with Crippen molar-refractivity contribution in [3.05, 3.63) is 47.3 Å². The minimum Gasteiger partial charge on any atom is -0.349 e. The Labute approximate surface area is 120 Å². The van der Waals surface area contributed by atoms with Crippen LogP contribution in [0, 0.1) is 0 Å². The number of para-hydroxylation sites is 1. The van der Waals surface area contributed by atoms with E-state index >= 15 is 0 Å². The van der Waals surface area contributed by atoms with Gasteiger partial charge in [0.15, 0.2) is 5.16 Å². The lowest BCUT2D eigenvalue weighted by atomic mass is 10.2. The number of hydrogen-bond acceptors (Lipinski definition) is 3. The first kappa shape index (κ1) is 13.0. The van der Waals surface area contributed by atoms with Crippen molar-refractivity contribution in [1.29, 1.82) is 0 Å². The van der Waals surface area contributed by atoms with Crippen LogP contribution in [0.25, 0.3) is 21.9 Å². The molecule has 0 bridgehead atoms. The van der Waals surface area contributed by atoms with Gasteiger partial charge in [-0.25, -0.2) is 4.98 Å². The van der Waals surface area contributed by atoms with Crippen LogP contribution >= 0.6 is 11.8 Å². The summed E-state index contributed by atoms with van der Waals surface area (Å²) in [5.41, 5.74) is 2.26. The number of aromatic amines is 1. The third-order valence-corrected chi connectivity index (χ3v) is 4.19. The van der Waals surface area contributed by atoms with Crippen LogP contribution in [0.1, 0.15) is 6.92 Å². The molecule has 1 N–H and O–H groups in total. The number of rotatable bonds is 4. The average molecular weight is 285 g/mol. The maximum absolute atomic E-state index is 12.6. The summed E-state index contributed by atoms with van der Waals surface area (Å²) in [6, 6.07) is 7.85. The van der Waals surface area contributed by atoms with Crippen molar-refractivity contribution in [1.82, 2.24) is 14.5 Å². The van der Waals surface area contributed by atoms with Gasteiger partial charge in [0.2, 0.25) is 0 Å². The van der Waals surface area contributed by atoms with Gasteiger partial charge >= 0.3 is 0 Å². The topological polar surface area (TPSA) is 50.7 Å². The summed E-state index contributed by atoms with van der Waals surface area (Å²) in [4.78, 5) is 20.4. The van der Waals surface area contributed by atoms with Gasteiger partial charge in [-0.3, -0.25) is 9.36 Å². The minimum atomic E-state index is -0.0136. The molecule has 0 spiro atoms. The van der Waals surface area contributed by atoms with Crippen LogP contribution in [-0.2, 0) is 6.54 Å². The largest absolute Gasteiger partial charge is 0.349 e. The zero-order chi connectivity index (χ0) is 14.1. The van der Waals surface area contributed by atoms with Gasteiger partial charge in [0.1, 0.15) is 11.0 Å². The molecule has 102 valence electrons. The summed E-state index contributed by atoms with van der Waals surface area (Å²) in [7, 11) is 0. The first-order chi connectivity index (χ1) is 9.76. The van der Waals surface area contributed by atoms with Gasteiger partial charge in [0.25, 0.3) is 5.56 Å². The van der Waals surface area contributed by atoms with E-state index < -0.39 is 0 Å². The first-order valence-electron chi connectivity index (χ1n) is 6.51. The van der Waals surface area contributed by atoms with E-state index in [1.54, 1.807) is 4.57 Å². The summed E-state index contributed by atoms with van der Waals surface area (Å²) in [6.07, 6.45) is 1.82. The highest BCUT2D eigenvalue weighted by molar-refractivity contribution is 7.99. The van der Waals surface area contributed by atoms with Crippen molar-refractivity contribution in [2.75, 3.05) is 5.75 Å². The second kappa shape index (κ2) is 5.17. The summed E-state index contributed by atoms with van der Waals surface area (Å²) in [5, 5.41) is 1.73. The van der Waals surface area contributed by atoms with Gasteiger partial charge < -0.3 is 4.98 Å². The average Bonchev–Trinajstić information content (AvgIpc) is 2.84. The second-order valence-corrected chi connectivity index (χ2v) is 5.42. The van der Waals surface area contributed by atoms with E-state index in [2.05, 4.69) is 16.5 Å². The smallest absolute Gasteiger partial charge is 0.278 e. The Morgan fingerprint density at radius 2 is 2.25 bits per heavy atom. The molecular formula is C15H15N3OS. The molecule has 0 aliphatic heterocycles. The Morgan fingerprint density at radius 3 is 3.00 bits per heavy atom. The van der Waals surface area contributed by atoms with Crippen molar-refractivity contribution in [2.45, 2.75) is 18.6 Å². The number of H-pyrrole nitrogens is 1. The highest BCUT2D eigenvalue weighted by atomic mass is 32.2. The Bertz CT molecular complexity index is 847. The fourth-order valence-corrected chi connectivity index (χ4v) is 3.09. The van der Waals surface area contributed by atoms with Crippen molar-refractivity contribution in [3.8, 4) is 0 Å². The van der Waals surface area contributed by atoms with Crippen LogP contribution in [-0.4, -0.2) is 20.3 Å². The standard InChI is InChI=1S/C15H15N3OS/c1-3-9-20-15-17-12-10-7-5-6-8-11(10)16-13(12)14(19)18(15)4-2/h3,5-8,16H,1,4,9H2,2H3. The molecule has 0 fully saturated rings. The molecule has 0 unspecified atom stereocenters. The van der Waals surface area contributed by atoms with E-state index in [-0.39, 0.29) is 5.56 Å². The molecule has 3 rings (SSSR count). The zero-order valence-corrected chi connectivity index (χ0v) is 12.0. The number of hydrogen-bond donors (Lipinski definition) is 1. The minimum absolute atomic E-state index is 0.0136. The Kier molecular flexibility index (Phi) is 3.36. The van der Waals surface area contributed by atoms with Crippen LogP contribution in [0.5, 0.6) is 0 Å². The number of nitrogens with one attached hydrogen (secondary N) is 1. The fraction of sp³-hybridized carbons (Fsp3) is 0.200. The van der Waals surface area contributed by atoms with E-state index in [9.17, 15) is 4.79 Å². The molecule has 20 heavy (non-hydrogen) atoms. The highest BCUT2D eigenvalue weighted by Gasteiger charge is 2.14. The lowest BCUT2D eigenvalue weighted by Crippen LogP contribution is -2.22. The van der Waals surface area contributed by atoms with Gasteiger partial charge in [-0.2, -0.15) is 0 Å². The molecule has 0 amide bonds. The van der Waals surface area contributed by atoms with Crippen molar-refractivity contribution in [3.63, 3.8) is 0 Å². The van der Waals surface area contributed by atoms with Gasteiger partial charge in [-0.05, 0) is 13.0 Å². The number of nitrogens with zero attached hydrogens (tertiary/aromatic N) is 2. The number of benzene rings is 1. The van der Waals surface area contributed by atoms with E-state index in [1.807, 2.05) is 37.3 Å². The maximum atomic E-state index is 12.6. The lowest BCUT2D eigenvalue weighted by molar-refractivity contribution is 0.634. The summed E-state index contributed by atoms with van der Waals surface area (Å²) >= 11 is 1.53. The molecule has 0 radical (unpaired) electrons. The quantitative estimate of drug-likeness (QED) is 0.455. The van der Waals surface area contributed by atoms with E-state index in [1.165, 1.54) is 11.8 Å². The molecular weight excluding hydrogens is 270 g/mol. The van der Waals surface area contributed by atoms with Gasteiger partial charge in [0.05, 0.1) is 0 Å². The van der Waals surface area contributed by atoms with Crippen LogP contribution in [0.2, 0.25) is 0 Å². The molecule has 0 atom stereocenters. The van der Waals surface area contributed by atoms with Gasteiger partial charge in [0, 0.05) is 23.2 Å². The Morgan fingerprint density at radius 1 is 1.45 bits per heavy atom. The zero-order valence-electron chi connectivity index (χ0n) is 11.2. The predicted octanol–water partition coefficient (Wildman–Crippen LogP) is 3.18. The van der Waals surface area contributed by atoms with E-state index in [0.29, 0.717) is 12.1 Å². The van der Waals surface area contributed by atoms with E-state index in [0.717, 1.165) is 27.3 Å². The summed E-state index contributed by atoms with van der Waals surface area (Å²) in [5.74, 6) is 0.736. The van der Waals surface area contributed by atoms with Crippen LogP contribution < -0.4 is 5.56 Å². The third kappa shape index (κ3) is 1.94. The molecule has 0 aliphatic rings. The molecule has 0 saturated carbocycles. The molecule has 2 aromatic heterocycles. The van der Waals surface area contributed by atoms with Crippen molar-refractivity contribution >= 4 is 33.7 Å². The third-order valence-electron chi connectivity index (χ3n) is 3.22.